The van der Waals surface area contributed by atoms with Crippen molar-refractivity contribution >= 4 is 5.97 Å². The Balaban J connectivity index is 2.63. The lowest BCUT2D eigenvalue weighted by atomic mass is 10.1. The summed E-state index contributed by atoms with van der Waals surface area (Å²) in [4.78, 5) is 10.8. The maximum atomic E-state index is 10.8. The van der Waals surface area contributed by atoms with Crippen molar-refractivity contribution in [2.75, 3.05) is 6.61 Å². The minimum Gasteiger partial charge on any atom is -0.493 e. The minimum absolute atomic E-state index is 0.302. The molecule has 94 valence electrons. The molecule has 0 radical (unpaired) electrons. The van der Waals surface area contributed by atoms with E-state index in [1.54, 1.807) is 18.2 Å². The zero-order valence-electron chi connectivity index (χ0n) is 10.7. The number of hydrogen-bond acceptors (Lipinski definition) is 2. The van der Waals surface area contributed by atoms with Gasteiger partial charge in [0.2, 0.25) is 0 Å². The zero-order valence-corrected chi connectivity index (χ0v) is 10.7. The first kappa shape index (κ1) is 13.6. The summed E-state index contributed by atoms with van der Waals surface area (Å²) in [6, 6.07) is 4.95. The number of hydrogen-bond donors (Lipinski definition) is 1. The number of carbonyl (C=O) groups is 1. The Hall–Kier alpha value is -1.51. The molecule has 0 aliphatic rings. The highest BCUT2D eigenvalue weighted by atomic mass is 16.5. The van der Waals surface area contributed by atoms with Gasteiger partial charge in [0.15, 0.2) is 0 Å². The van der Waals surface area contributed by atoms with Crippen LogP contribution in [0.15, 0.2) is 18.2 Å². The summed E-state index contributed by atoms with van der Waals surface area (Å²) in [7, 11) is 0. The van der Waals surface area contributed by atoms with Gasteiger partial charge in [-0.25, -0.2) is 4.79 Å². The van der Waals surface area contributed by atoms with Crippen LogP contribution in [-0.4, -0.2) is 17.7 Å². The van der Waals surface area contributed by atoms with Crippen LogP contribution in [0.2, 0.25) is 0 Å². The van der Waals surface area contributed by atoms with Gasteiger partial charge in [-0.15, -0.1) is 0 Å². The van der Waals surface area contributed by atoms with Gasteiger partial charge in [-0.05, 0) is 43.0 Å². The molecule has 1 rings (SSSR count). The number of ether oxygens (including phenoxy) is 1. The smallest absolute Gasteiger partial charge is 0.335 e. The number of carboxylic acid groups (broad SMARTS) is 1. The molecule has 0 amide bonds. The van der Waals surface area contributed by atoms with E-state index in [0.29, 0.717) is 18.1 Å². The maximum absolute atomic E-state index is 10.8. The molecule has 3 nitrogen and oxygen atoms in total. The molecule has 0 aromatic heterocycles. The van der Waals surface area contributed by atoms with Crippen molar-refractivity contribution in [3.8, 4) is 5.75 Å². The third-order valence-electron chi connectivity index (χ3n) is 2.73. The van der Waals surface area contributed by atoms with Crippen LogP contribution in [0, 0.1) is 12.8 Å². The van der Waals surface area contributed by atoms with Gasteiger partial charge < -0.3 is 9.84 Å². The summed E-state index contributed by atoms with van der Waals surface area (Å²) in [5.41, 5.74) is 1.17. The van der Waals surface area contributed by atoms with E-state index in [1.165, 1.54) is 0 Å². The van der Waals surface area contributed by atoms with Crippen molar-refractivity contribution in [2.45, 2.75) is 33.6 Å². The quantitative estimate of drug-likeness (QED) is 0.822. The Morgan fingerprint density at radius 2 is 2.18 bits per heavy atom. The molecule has 1 aromatic carbocycles. The number of benzene rings is 1. The molecule has 0 aliphatic carbocycles. The van der Waals surface area contributed by atoms with Crippen LogP contribution < -0.4 is 4.74 Å². The molecule has 0 aliphatic heterocycles. The van der Waals surface area contributed by atoms with E-state index in [0.717, 1.165) is 24.2 Å². The van der Waals surface area contributed by atoms with Gasteiger partial charge in [-0.3, -0.25) is 0 Å². The number of carboxylic acids is 1. The molecule has 17 heavy (non-hydrogen) atoms. The van der Waals surface area contributed by atoms with Crippen LogP contribution in [0.5, 0.6) is 5.75 Å². The molecular weight excluding hydrogens is 216 g/mol. The molecule has 1 unspecified atom stereocenters. The molecule has 0 fully saturated rings. The van der Waals surface area contributed by atoms with E-state index in [1.807, 2.05) is 6.92 Å². The second-order valence-electron chi connectivity index (χ2n) is 4.49. The van der Waals surface area contributed by atoms with E-state index in [-0.39, 0.29) is 0 Å². The van der Waals surface area contributed by atoms with Crippen LogP contribution in [0.4, 0.5) is 0 Å². The lowest BCUT2D eigenvalue weighted by Crippen LogP contribution is -2.09. The Labute approximate surface area is 102 Å². The van der Waals surface area contributed by atoms with E-state index < -0.39 is 5.97 Å². The molecule has 0 saturated heterocycles. The summed E-state index contributed by atoms with van der Waals surface area (Å²) in [6.07, 6.45) is 2.30. The minimum atomic E-state index is -0.904. The SMILES string of the molecule is CCCC(C)COc1ccc(C(=O)O)cc1C. The second-order valence-corrected chi connectivity index (χ2v) is 4.49. The summed E-state index contributed by atoms with van der Waals surface area (Å²) >= 11 is 0. The Morgan fingerprint density at radius 1 is 1.47 bits per heavy atom. The highest BCUT2D eigenvalue weighted by Crippen LogP contribution is 2.20. The number of rotatable bonds is 6. The average molecular weight is 236 g/mol. The molecule has 0 saturated carbocycles. The zero-order chi connectivity index (χ0) is 12.8. The maximum Gasteiger partial charge on any atom is 0.335 e. The fraction of sp³-hybridized carbons (Fsp3) is 0.500. The van der Waals surface area contributed by atoms with E-state index >= 15 is 0 Å². The van der Waals surface area contributed by atoms with Crippen molar-refractivity contribution in [2.24, 2.45) is 5.92 Å². The van der Waals surface area contributed by atoms with Crippen molar-refractivity contribution in [3.05, 3.63) is 29.3 Å². The molecule has 0 spiro atoms. The first-order valence-electron chi connectivity index (χ1n) is 6.01. The van der Waals surface area contributed by atoms with Gasteiger partial charge in [-0.1, -0.05) is 20.3 Å². The van der Waals surface area contributed by atoms with Gasteiger partial charge in [0, 0.05) is 0 Å². The number of aryl methyl sites for hydroxylation is 1. The van der Waals surface area contributed by atoms with Crippen LogP contribution in [0.3, 0.4) is 0 Å². The third kappa shape index (κ3) is 4.10. The van der Waals surface area contributed by atoms with Crippen LogP contribution in [0.25, 0.3) is 0 Å². The molecule has 0 bridgehead atoms. The highest BCUT2D eigenvalue weighted by molar-refractivity contribution is 5.88. The van der Waals surface area contributed by atoms with Crippen LogP contribution >= 0.6 is 0 Å². The van der Waals surface area contributed by atoms with Crippen molar-refractivity contribution in [1.82, 2.24) is 0 Å². The van der Waals surface area contributed by atoms with Gasteiger partial charge >= 0.3 is 5.97 Å². The van der Waals surface area contributed by atoms with Gasteiger partial charge in [-0.2, -0.15) is 0 Å². The molecule has 0 heterocycles. The Kier molecular flexibility index (Phi) is 5.01. The average Bonchev–Trinajstić information content (AvgIpc) is 2.27. The van der Waals surface area contributed by atoms with Crippen LogP contribution in [-0.2, 0) is 0 Å². The summed E-state index contributed by atoms with van der Waals surface area (Å²) < 4.78 is 5.69. The predicted molar refractivity (Wildman–Crippen MR) is 67.7 cm³/mol. The van der Waals surface area contributed by atoms with E-state index in [9.17, 15) is 4.79 Å². The molecule has 1 aromatic rings. The number of aromatic carboxylic acids is 1. The van der Waals surface area contributed by atoms with Crippen molar-refractivity contribution < 1.29 is 14.6 Å². The van der Waals surface area contributed by atoms with Crippen molar-refractivity contribution in [1.29, 1.82) is 0 Å². The highest BCUT2D eigenvalue weighted by Gasteiger charge is 2.07. The predicted octanol–water partition coefficient (Wildman–Crippen LogP) is 3.51. The first-order valence-corrected chi connectivity index (χ1v) is 6.01. The van der Waals surface area contributed by atoms with E-state index in [4.69, 9.17) is 9.84 Å². The Morgan fingerprint density at radius 3 is 2.71 bits per heavy atom. The molecule has 1 N–H and O–H groups in total. The topological polar surface area (TPSA) is 46.5 Å². The second kappa shape index (κ2) is 6.28. The largest absolute Gasteiger partial charge is 0.493 e. The van der Waals surface area contributed by atoms with Gasteiger partial charge in [0.25, 0.3) is 0 Å². The van der Waals surface area contributed by atoms with E-state index in [2.05, 4.69) is 13.8 Å². The summed E-state index contributed by atoms with van der Waals surface area (Å²) in [6.45, 7) is 6.86. The fourth-order valence-corrected chi connectivity index (χ4v) is 1.75. The molecule has 3 heteroatoms. The van der Waals surface area contributed by atoms with Crippen LogP contribution in [0.1, 0.15) is 42.6 Å². The van der Waals surface area contributed by atoms with Crippen molar-refractivity contribution in [3.63, 3.8) is 0 Å². The molecular formula is C14H20O3. The third-order valence-corrected chi connectivity index (χ3v) is 2.73. The van der Waals surface area contributed by atoms with Gasteiger partial charge in [0.05, 0.1) is 12.2 Å². The summed E-state index contributed by atoms with van der Waals surface area (Å²) in [5, 5.41) is 8.85. The Bertz CT molecular complexity index is 385. The normalized spacial score (nSPS) is 12.2. The standard InChI is InChI=1S/C14H20O3/c1-4-5-10(2)9-17-13-7-6-12(14(15)16)8-11(13)3/h6-8,10H,4-5,9H2,1-3H3,(H,15,16). The lowest BCUT2D eigenvalue weighted by Gasteiger charge is -2.14. The lowest BCUT2D eigenvalue weighted by molar-refractivity contribution is 0.0696. The summed E-state index contributed by atoms with van der Waals surface area (Å²) in [5.74, 6) is 0.399. The first-order chi connectivity index (χ1) is 8.04. The van der Waals surface area contributed by atoms with Gasteiger partial charge in [0.1, 0.15) is 5.75 Å². The fourth-order valence-electron chi connectivity index (χ4n) is 1.75. The monoisotopic (exact) mass is 236 g/mol. The molecule has 1 atom stereocenters.